The summed E-state index contributed by atoms with van der Waals surface area (Å²) in [7, 11) is 0. The van der Waals surface area contributed by atoms with Crippen LogP contribution in [0.4, 0.5) is 0 Å². The Hall–Kier alpha value is -1.85. The number of aromatic amines is 1. The van der Waals surface area contributed by atoms with E-state index in [0.29, 0.717) is 6.04 Å². The van der Waals surface area contributed by atoms with Gasteiger partial charge in [0.2, 0.25) is 0 Å². The Morgan fingerprint density at radius 2 is 2.15 bits per heavy atom. The molecule has 1 unspecified atom stereocenters. The molecule has 5 heteroatoms. The lowest BCUT2D eigenvalue weighted by atomic mass is 10.1. The molecule has 4 nitrogen and oxygen atoms in total. The van der Waals surface area contributed by atoms with Gasteiger partial charge in [-0.2, -0.15) is 0 Å². The van der Waals surface area contributed by atoms with Crippen molar-refractivity contribution >= 4 is 17.3 Å². The van der Waals surface area contributed by atoms with E-state index >= 15 is 0 Å². The Labute approximate surface area is 124 Å². The topological polar surface area (TPSA) is 43.1 Å². The molecule has 0 radical (unpaired) electrons. The highest BCUT2D eigenvalue weighted by Crippen LogP contribution is 2.18. The largest absolute Gasteiger partial charge is 0.367 e. The van der Waals surface area contributed by atoms with Crippen molar-refractivity contribution in [2.24, 2.45) is 0 Å². The third kappa shape index (κ3) is 3.00. The van der Waals surface area contributed by atoms with Gasteiger partial charge in [0.15, 0.2) is 5.11 Å². The number of nitrogens with zero attached hydrogens (tertiary/aromatic N) is 1. The van der Waals surface area contributed by atoms with Gasteiger partial charge < -0.3 is 15.2 Å². The first-order chi connectivity index (χ1) is 9.83. The maximum atomic E-state index is 5.45. The molecule has 0 bridgehead atoms. The molecule has 1 aromatic heterocycles. The lowest BCUT2D eigenvalue weighted by Crippen LogP contribution is -2.38. The van der Waals surface area contributed by atoms with Crippen molar-refractivity contribution in [2.75, 3.05) is 13.2 Å². The van der Waals surface area contributed by atoms with Crippen molar-refractivity contribution in [1.82, 2.24) is 20.5 Å². The fourth-order valence-electron chi connectivity index (χ4n) is 2.39. The first kappa shape index (κ1) is 13.1. The molecular formula is C15H18N4S. The highest BCUT2D eigenvalue weighted by molar-refractivity contribution is 7.80. The SMILES string of the molecule is S=C(NCc1cc[nH]c1)N1CNC(c2ccccc2)C1. The number of benzene rings is 1. The minimum atomic E-state index is 0.350. The van der Waals surface area contributed by atoms with Crippen molar-refractivity contribution in [3.8, 4) is 0 Å². The number of hydrogen-bond acceptors (Lipinski definition) is 2. The average Bonchev–Trinajstić information content (AvgIpc) is 3.17. The van der Waals surface area contributed by atoms with Gasteiger partial charge in [-0.15, -0.1) is 0 Å². The summed E-state index contributed by atoms with van der Waals surface area (Å²) in [5.74, 6) is 0. The summed E-state index contributed by atoms with van der Waals surface area (Å²) in [6.07, 6.45) is 3.90. The number of nitrogens with one attached hydrogen (secondary N) is 3. The van der Waals surface area contributed by atoms with Gasteiger partial charge in [-0.05, 0) is 29.4 Å². The number of aromatic nitrogens is 1. The van der Waals surface area contributed by atoms with Gasteiger partial charge in [0, 0.05) is 25.5 Å². The smallest absolute Gasteiger partial charge is 0.170 e. The number of hydrogen-bond donors (Lipinski definition) is 3. The summed E-state index contributed by atoms with van der Waals surface area (Å²) in [6.45, 7) is 2.45. The molecule has 0 spiro atoms. The predicted octanol–water partition coefficient (Wildman–Crippen LogP) is 1.99. The van der Waals surface area contributed by atoms with Gasteiger partial charge in [0.1, 0.15) is 0 Å². The van der Waals surface area contributed by atoms with E-state index < -0.39 is 0 Å². The third-order valence-electron chi connectivity index (χ3n) is 3.53. The van der Waals surface area contributed by atoms with Crippen LogP contribution in [0.5, 0.6) is 0 Å². The van der Waals surface area contributed by atoms with E-state index in [0.717, 1.165) is 24.9 Å². The van der Waals surface area contributed by atoms with Crippen LogP contribution in [0.2, 0.25) is 0 Å². The highest BCUT2D eigenvalue weighted by Gasteiger charge is 2.24. The molecule has 20 heavy (non-hydrogen) atoms. The molecule has 1 aliphatic rings. The lowest BCUT2D eigenvalue weighted by Gasteiger charge is -2.19. The van der Waals surface area contributed by atoms with Gasteiger partial charge in [-0.3, -0.25) is 5.32 Å². The molecule has 0 saturated carbocycles. The van der Waals surface area contributed by atoms with E-state index in [2.05, 4.69) is 44.8 Å². The summed E-state index contributed by atoms with van der Waals surface area (Å²) in [5, 5.41) is 7.59. The van der Waals surface area contributed by atoms with Crippen LogP contribution in [-0.4, -0.2) is 28.2 Å². The zero-order valence-corrected chi connectivity index (χ0v) is 12.0. The minimum Gasteiger partial charge on any atom is -0.367 e. The Bertz CT molecular complexity index is 553. The van der Waals surface area contributed by atoms with E-state index in [1.54, 1.807) is 0 Å². The highest BCUT2D eigenvalue weighted by atomic mass is 32.1. The molecule has 3 N–H and O–H groups in total. The van der Waals surface area contributed by atoms with E-state index in [9.17, 15) is 0 Å². The monoisotopic (exact) mass is 286 g/mol. The Morgan fingerprint density at radius 3 is 2.90 bits per heavy atom. The van der Waals surface area contributed by atoms with Gasteiger partial charge in [0.25, 0.3) is 0 Å². The van der Waals surface area contributed by atoms with Crippen LogP contribution in [0, 0.1) is 0 Å². The van der Waals surface area contributed by atoms with E-state index in [-0.39, 0.29) is 0 Å². The van der Waals surface area contributed by atoms with Crippen LogP contribution in [0.15, 0.2) is 48.8 Å². The minimum absolute atomic E-state index is 0.350. The number of H-pyrrole nitrogens is 1. The quantitative estimate of drug-likeness (QED) is 0.755. The Morgan fingerprint density at radius 1 is 1.30 bits per heavy atom. The average molecular weight is 286 g/mol. The van der Waals surface area contributed by atoms with Gasteiger partial charge in [-0.1, -0.05) is 30.3 Å². The molecule has 1 aliphatic heterocycles. The third-order valence-corrected chi connectivity index (χ3v) is 3.93. The standard InChI is InChI=1S/C15H18N4S/c20-15(17-9-12-6-7-16-8-12)19-10-14(18-11-19)13-4-2-1-3-5-13/h1-8,14,16,18H,9-11H2,(H,17,20). The first-order valence-corrected chi connectivity index (χ1v) is 7.16. The Kier molecular flexibility index (Phi) is 3.99. The fourth-order valence-corrected chi connectivity index (χ4v) is 2.60. The fraction of sp³-hybridized carbons (Fsp3) is 0.267. The zero-order chi connectivity index (χ0) is 13.8. The second-order valence-electron chi connectivity index (χ2n) is 4.93. The van der Waals surface area contributed by atoms with Gasteiger partial charge >= 0.3 is 0 Å². The molecule has 1 saturated heterocycles. The van der Waals surface area contributed by atoms with Crippen molar-refractivity contribution in [3.05, 3.63) is 59.9 Å². The van der Waals surface area contributed by atoms with Crippen LogP contribution < -0.4 is 10.6 Å². The molecule has 0 amide bonds. The molecular weight excluding hydrogens is 268 g/mol. The molecule has 1 aromatic carbocycles. The molecule has 1 fully saturated rings. The van der Waals surface area contributed by atoms with Crippen LogP contribution in [-0.2, 0) is 6.54 Å². The van der Waals surface area contributed by atoms with Crippen molar-refractivity contribution in [2.45, 2.75) is 12.6 Å². The van der Waals surface area contributed by atoms with Crippen molar-refractivity contribution in [1.29, 1.82) is 0 Å². The lowest BCUT2D eigenvalue weighted by molar-refractivity contribution is 0.494. The summed E-state index contributed by atoms with van der Waals surface area (Å²) < 4.78 is 0. The van der Waals surface area contributed by atoms with Crippen LogP contribution in [0.1, 0.15) is 17.2 Å². The van der Waals surface area contributed by atoms with Crippen LogP contribution >= 0.6 is 12.2 Å². The molecule has 3 rings (SSSR count). The number of thiocarbonyl (C=S) groups is 1. The number of rotatable bonds is 3. The summed E-state index contributed by atoms with van der Waals surface area (Å²) in [6, 6.07) is 12.9. The van der Waals surface area contributed by atoms with Crippen molar-refractivity contribution < 1.29 is 0 Å². The Balaban J connectivity index is 1.53. The van der Waals surface area contributed by atoms with E-state index in [1.165, 1.54) is 11.1 Å². The van der Waals surface area contributed by atoms with Crippen molar-refractivity contribution in [3.63, 3.8) is 0 Å². The second-order valence-corrected chi connectivity index (χ2v) is 5.31. The molecule has 2 heterocycles. The molecule has 104 valence electrons. The maximum absolute atomic E-state index is 5.45. The summed E-state index contributed by atoms with van der Waals surface area (Å²) in [5.41, 5.74) is 2.52. The maximum Gasteiger partial charge on any atom is 0.170 e. The predicted molar refractivity (Wildman–Crippen MR) is 84.1 cm³/mol. The van der Waals surface area contributed by atoms with Gasteiger partial charge in [0.05, 0.1) is 12.7 Å². The molecule has 1 atom stereocenters. The zero-order valence-electron chi connectivity index (χ0n) is 11.2. The summed E-state index contributed by atoms with van der Waals surface area (Å²) >= 11 is 5.45. The summed E-state index contributed by atoms with van der Waals surface area (Å²) in [4.78, 5) is 5.21. The van der Waals surface area contributed by atoms with Crippen LogP contribution in [0.3, 0.4) is 0 Å². The van der Waals surface area contributed by atoms with E-state index in [4.69, 9.17) is 12.2 Å². The first-order valence-electron chi connectivity index (χ1n) is 6.76. The normalized spacial score (nSPS) is 18.2. The van der Waals surface area contributed by atoms with Crippen LogP contribution in [0.25, 0.3) is 0 Å². The molecule has 0 aliphatic carbocycles. The molecule has 2 aromatic rings. The van der Waals surface area contributed by atoms with E-state index in [1.807, 2.05) is 24.5 Å². The second kappa shape index (κ2) is 6.07. The van der Waals surface area contributed by atoms with Gasteiger partial charge in [-0.25, -0.2) is 0 Å².